The number of carbonyl (C=O) groups excluding carboxylic acids is 1. The molecule has 2 aliphatic rings. The molecular weight excluding hydrogens is 512 g/mol. The van der Waals surface area contributed by atoms with Crippen molar-refractivity contribution in [3.63, 3.8) is 0 Å². The minimum atomic E-state index is 0.0821. The van der Waals surface area contributed by atoms with Crippen molar-refractivity contribution in [2.45, 2.75) is 84.0 Å². The lowest BCUT2D eigenvalue weighted by atomic mass is 9.79. The van der Waals surface area contributed by atoms with E-state index < -0.39 is 0 Å². The highest BCUT2D eigenvalue weighted by atomic mass is 16.5. The summed E-state index contributed by atoms with van der Waals surface area (Å²) >= 11 is 0. The van der Waals surface area contributed by atoms with Crippen LogP contribution < -0.4 is 9.64 Å². The molecule has 0 radical (unpaired) electrons. The van der Waals surface area contributed by atoms with Gasteiger partial charge in [-0.3, -0.25) is 4.79 Å². The third-order valence-corrected chi connectivity index (χ3v) is 9.01. The maximum absolute atomic E-state index is 14.1. The van der Waals surface area contributed by atoms with Gasteiger partial charge in [0.1, 0.15) is 18.0 Å². The molecule has 5 rings (SSSR count). The summed E-state index contributed by atoms with van der Waals surface area (Å²) in [6, 6.07) is 14.2. The summed E-state index contributed by atoms with van der Waals surface area (Å²) in [5.41, 5.74) is 4.02. The topological polar surface area (TPSA) is 92.2 Å². The Labute approximate surface area is 243 Å². The average molecular weight is 555 g/mol. The molecule has 2 fully saturated rings. The van der Waals surface area contributed by atoms with Crippen molar-refractivity contribution in [2.24, 2.45) is 17.8 Å². The van der Waals surface area contributed by atoms with E-state index in [0.717, 1.165) is 86.4 Å². The number of ether oxygens (including phenoxy) is 1. The Hall–Kier alpha value is -3.66. The summed E-state index contributed by atoms with van der Waals surface area (Å²) < 4.78 is 11.0. The molecule has 2 aromatic heterocycles. The number of oxazole rings is 1. The number of rotatable bonds is 8. The van der Waals surface area contributed by atoms with Crippen LogP contribution in [0.4, 0.5) is 5.69 Å². The minimum Gasteiger partial charge on any atom is -0.494 e. The van der Waals surface area contributed by atoms with Gasteiger partial charge in [0, 0.05) is 41.2 Å². The van der Waals surface area contributed by atoms with Crippen molar-refractivity contribution in [3.8, 4) is 23.1 Å². The van der Waals surface area contributed by atoms with Gasteiger partial charge in [-0.2, -0.15) is 5.26 Å². The Morgan fingerprint density at radius 3 is 2.49 bits per heavy atom. The van der Waals surface area contributed by atoms with Gasteiger partial charge in [0.25, 0.3) is 0 Å². The summed E-state index contributed by atoms with van der Waals surface area (Å²) in [5, 5.41) is 9.47. The van der Waals surface area contributed by atoms with Crippen molar-refractivity contribution in [1.29, 1.82) is 5.26 Å². The summed E-state index contributed by atoms with van der Waals surface area (Å²) in [4.78, 5) is 25.4. The number of methoxy groups -OCH3 is 1. The molecule has 0 bridgehead atoms. The van der Waals surface area contributed by atoms with Gasteiger partial charge in [-0.25, -0.2) is 9.97 Å². The molecule has 7 heteroatoms. The molecule has 0 atom stereocenters. The van der Waals surface area contributed by atoms with Crippen molar-refractivity contribution >= 4 is 11.6 Å². The highest BCUT2D eigenvalue weighted by Gasteiger charge is 2.32. The predicted octanol–water partition coefficient (Wildman–Crippen LogP) is 7.87. The van der Waals surface area contributed by atoms with Crippen LogP contribution in [-0.2, 0) is 4.79 Å². The number of anilines is 1. The molecule has 2 aliphatic carbocycles. The molecule has 7 nitrogen and oxygen atoms in total. The van der Waals surface area contributed by atoms with Crippen LogP contribution in [0.3, 0.4) is 0 Å². The fourth-order valence-electron chi connectivity index (χ4n) is 6.40. The van der Waals surface area contributed by atoms with Crippen LogP contribution in [0.15, 0.2) is 47.1 Å². The maximum atomic E-state index is 14.1. The lowest BCUT2D eigenvalue weighted by molar-refractivity contribution is -0.123. The van der Waals surface area contributed by atoms with Gasteiger partial charge >= 0.3 is 0 Å². The molecular formula is C34H42N4O3. The fourth-order valence-corrected chi connectivity index (χ4v) is 6.40. The summed E-state index contributed by atoms with van der Waals surface area (Å²) in [7, 11) is 1.56. The Kier molecular flexibility index (Phi) is 9.07. The number of benzene rings is 1. The first-order valence-electron chi connectivity index (χ1n) is 15.2. The van der Waals surface area contributed by atoms with Crippen LogP contribution in [0, 0.1) is 29.1 Å². The third-order valence-electron chi connectivity index (χ3n) is 9.01. The Balaban J connectivity index is 1.34. The fraction of sp³-hybridized carbons (Fsp3) is 0.529. The van der Waals surface area contributed by atoms with E-state index in [1.165, 1.54) is 0 Å². The van der Waals surface area contributed by atoms with E-state index in [1.54, 1.807) is 13.4 Å². The molecule has 3 aromatic rings. The zero-order chi connectivity index (χ0) is 28.9. The highest BCUT2D eigenvalue weighted by molar-refractivity contribution is 5.95. The van der Waals surface area contributed by atoms with E-state index in [0.29, 0.717) is 29.2 Å². The lowest BCUT2D eigenvalue weighted by Gasteiger charge is -2.36. The molecule has 0 unspecified atom stereocenters. The summed E-state index contributed by atoms with van der Waals surface area (Å²) in [6.45, 7) is 7.15. The molecule has 0 N–H and O–H groups in total. The Bertz CT molecular complexity index is 1370. The van der Waals surface area contributed by atoms with Gasteiger partial charge in [0.05, 0.1) is 7.11 Å². The molecule has 41 heavy (non-hydrogen) atoms. The van der Waals surface area contributed by atoms with E-state index in [9.17, 15) is 10.1 Å². The maximum Gasteiger partial charge on any atom is 0.230 e. The number of nitriles is 1. The van der Waals surface area contributed by atoms with Crippen molar-refractivity contribution in [2.75, 3.05) is 18.6 Å². The van der Waals surface area contributed by atoms with Crippen molar-refractivity contribution < 1.29 is 13.9 Å². The second kappa shape index (κ2) is 12.9. The first-order valence-corrected chi connectivity index (χ1v) is 15.2. The van der Waals surface area contributed by atoms with E-state index in [1.807, 2.05) is 24.3 Å². The van der Waals surface area contributed by atoms with Gasteiger partial charge in [-0.15, -0.1) is 0 Å². The number of hydrogen-bond donors (Lipinski definition) is 0. The molecule has 216 valence electrons. The second-order valence-electron chi connectivity index (χ2n) is 12.3. The molecule has 2 heterocycles. The van der Waals surface area contributed by atoms with Gasteiger partial charge in [-0.1, -0.05) is 32.9 Å². The lowest BCUT2D eigenvalue weighted by Crippen LogP contribution is -2.41. The van der Waals surface area contributed by atoms with E-state index >= 15 is 0 Å². The van der Waals surface area contributed by atoms with Crippen LogP contribution in [0.2, 0.25) is 0 Å². The average Bonchev–Trinajstić information content (AvgIpc) is 3.51. The molecule has 2 saturated carbocycles. The minimum absolute atomic E-state index is 0.0821. The predicted molar refractivity (Wildman–Crippen MR) is 160 cm³/mol. The third kappa shape index (κ3) is 6.64. The zero-order valence-corrected chi connectivity index (χ0v) is 24.8. The summed E-state index contributed by atoms with van der Waals surface area (Å²) in [5.74, 6) is 3.22. The van der Waals surface area contributed by atoms with Crippen LogP contribution in [0.1, 0.15) is 101 Å². The second-order valence-corrected chi connectivity index (χ2v) is 12.3. The van der Waals surface area contributed by atoms with Gasteiger partial charge < -0.3 is 14.1 Å². The van der Waals surface area contributed by atoms with Crippen LogP contribution in [0.5, 0.6) is 5.75 Å². The SMILES string of the molecule is COc1ccc(C2CCC(CN(C(=O)C3CCC(C)CC3)c3cccc(-c4coc(C(C)C)n4)c3)CC2)nc1C#N. The molecule has 0 saturated heterocycles. The first kappa shape index (κ1) is 28.9. The molecule has 0 spiro atoms. The number of amides is 1. The monoisotopic (exact) mass is 554 g/mol. The van der Waals surface area contributed by atoms with Crippen LogP contribution in [-0.4, -0.2) is 29.5 Å². The van der Waals surface area contributed by atoms with Gasteiger partial charge in [-0.05, 0) is 87.5 Å². The number of pyridine rings is 1. The largest absolute Gasteiger partial charge is 0.494 e. The van der Waals surface area contributed by atoms with E-state index in [4.69, 9.17) is 14.1 Å². The van der Waals surface area contributed by atoms with Crippen LogP contribution in [0.25, 0.3) is 11.3 Å². The summed E-state index contributed by atoms with van der Waals surface area (Å²) in [6.07, 6.45) is 9.91. The van der Waals surface area contributed by atoms with E-state index in [2.05, 4.69) is 48.9 Å². The van der Waals surface area contributed by atoms with Gasteiger partial charge in [0.2, 0.25) is 5.91 Å². The quantitative estimate of drug-likeness (QED) is 0.281. The van der Waals surface area contributed by atoms with Gasteiger partial charge in [0.15, 0.2) is 17.3 Å². The Morgan fingerprint density at radius 2 is 1.83 bits per heavy atom. The number of hydrogen-bond acceptors (Lipinski definition) is 6. The molecule has 1 aromatic carbocycles. The zero-order valence-electron chi connectivity index (χ0n) is 24.8. The molecule has 1 amide bonds. The van der Waals surface area contributed by atoms with Crippen LogP contribution >= 0.6 is 0 Å². The standard InChI is InChI=1S/C34H42N4O3/c1-22(2)33-37-31(21-41-33)27-6-5-7-28(18-27)38(34(39)26-12-8-23(3)9-13-26)20-24-10-14-25(15-11-24)29-16-17-32(40-4)30(19-35)36-29/h5-7,16-18,21-26H,8-15,20H2,1-4H3. The number of carbonyl (C=O) groups is 1. The van der Waals surface area contributed by atoms with Crippen molar-refractivity contribution in [1.82, 2.24) is 9.97 Å². The highest BCUT2D eigenvalue weighted by Crippen LogP contribution is 2.38. The number of aromatic nitrogens is 2. The van der Waals surface area contributed by atoms with Crippen molar-refractivity contribution in [3.05, 3.63) is 59.9 Å². The molecule has 0 aliphatic heterocycles. The van der Waals surface area contributed by atoms with E-state index in [-0.39, 0.29) is 17.7 Å². The smallest absolute Gasteiger partial charge is 0.230 e. The first-order chi connectivity index (χ1) is 19.9. The Morgan fingerprint density at radius 1 is 1.07 bits per heavy atom. The number of nitrogens with zero attached hydrogens (tertiary/aromatic N) is 4. The normalized spacial score (nSPS) is 22.7.